The van der Waals surface area contributed by atoms with Gasteiger partial charge in [0.05, 0.1) is 0 Å². The molecule has 3 fully saturated rings. The fourth-order valence-electron chi connectivity index (χ4n) is 4.58. The van der Waals surface area contributed by atoms with Gasteiger partial charge in [0.2, 0.25) is 0 Å². The average Bonchev–Trinajstić information content (AvgIpc) is 3.00. The van der Waals surface area contributed by atoms with Crippen LogP contribution in [0.1, 0.15) is 76.2 Å². The molecule has 1 aromatic rings. The van der Waals surface area contributed by atoms with Gasteiger partial charge in [-0.1, -0.05) is 47.0 Å². The van der Waals surface area contributed by atoms with Gasteiger partial charge in [-0.15, -0.1) is 11.3 Å². The van der Waals surface area contributed by atoms with E-state index in [0.29, 0.717) is 5.92 Å². The molecule has 0 unspecified atom stereocenters. The third-order valence-electron chi connectivity index (χ3n) is 6.16. The highest BCUT2D eigenvalue weighted by molar-refractivity contribution is 7.23. The Labute approximate surface area is 174 Å². The predicted octanol–water partition coefficient (Wildman–Crippen LogP) is 3.64. The Morgan fingerprint density at radius 3 is 1.82 bits per heavy atom. The van der Waals surface area contributed by atoms with E-state index in [9.17, 15) is 0 Å². The standard InChI is InChI=1S/C21H34B2O4S/c1-15-18(22-24-11-20(2,3)12-25-22)17(16-9-7-6-8-10-16)19(28-15)23-26-13-21(4,5)14-27-23/h16H,6-14H2,1-5H3. The second-order valence-corrected chi connectivity index (χ2v) is 11.7. The maximum atomic E-state index is 6.23. The van der Waals surface area contributed by atoms with Crippen LogP contribution in [0.3, 0.4) is 0 Å². The Balaban J connectivity index is 1.66. The molecule has 4 rings (SSSR count). The molecule has 2 aliphatic heterocycles. The Bertz CT molecular complexity index is 677. The summed E-state index contributed by atoms with van der Waals surface area (Å²) >= 11 is 1.82. The maximum Gasteiger partial charge on any atom is 0.504 e. The minimum Gasteiger partial charge on any atom is -0.407 e. The predicted molar refractivity (Wildman–Crippen MR) is 117 cm³/mol. The molecule has 0 spiro atoms. The summed E-state index contributed by atoms with van der Waals surface area (Å²) in [5.41, 5.74) is 2.84. The molecule has 7 heteroatoms. The van der Waals surface area contributed by atoms with Crippen molar-refractivity contribution in [2.45, 2.75) is 72.6 Å². The van der Waals surface area contributed by atoms with Crippen molar-refractivity contribution in [2.75, 3.05) is 26.4 Å². The smallest absolute Gasteiger partial charge is 0.407 e. The number of hydrogen-bond donors (Lipinski definition) is 0. The van der Waals surface area contributed by atoms with Crippen LogP contribution in [0.4, 0.5) is 0 Å². The fraction of sp³-hybridized carbons (Fsp3) is 0.810. The van der Waals surface area contributed by atoms with Gasteiger partial charge in [0, 0.05) is 46.9 Å². The van der Waals surface area contributed by atoms with Crippen molar-refractivity contribution in [1.29, 1.82) is 0 Å². The Hall–Kier alpha value is -0.330. The van der Waals surface area contributed by atoms with Gasteiger partial charge in [0.15, 0.2) is 0 Å². The fourth-order valence-corrected chi connectivity index (χ4v) is 5.85. The van der Waals surface area contributed by atoms with Crippen molar-refractivity contribution >= 4 is 35.8 Å². The summed E-state index contributed by atoms with van der Waals surface area (Å²) in [6, 6.07) is 0. The highest BCUT2D eigenvalue weighted by Crippen LogP contribution is 2.35. The Morgan fingerprint density at radius 2 is 1.29 bits per heavy atom. The van der Waals surface area contributed by atoms with E-state index < -0.39 is 0 Å². The lowest BCUT2D eigenvalue weighted by molar-refractivity contribution is 0.0338. The molecule has 1 aromatic heterocycles. The van der Waals surface area contributed by atoms with Gasteiger partial charge < -0.3 is 18.6 Å². The van der Waals surface area contributed by atoms with Crippen molar-refractivity contribution in [3.8, 4) is 0 Å². The molecule has 1 aliphatic carbocycles. The van der Waals surface area contributed by atoms with Gasteiger partial charge in [0.25, 0.3) is 0 Å². The van der Waals surface area contributed by atoms with Crippen LogP contribution in [0.5, 0.6) is 0 Å². The lowest BCUT2D eigenvalue weighted by Gasteiger charge is -2.35. The quantitative estimate of drug-likeness (QED) is 0.722. The van der Waals surface area contributed by atoms with Crippen LogP contribution in [0.15, 0.2) is 0 Å². The minimum absolute atomic E-state index is 0.0788. The normalized spacial score (nSPS) is 25.9. The summed E-state index contributed by atoms with van der Waals surface area (Å²) in [4.78, 5) is 1.29. The van der Waals surface area contributed by atoms with Crippen molar-refractivity contribution in [2.24, 2.45) is 10.8 Å². The van der Waals surface area contributed by atoms with E-state index in [1.54, 1.807) is 0 Å². The molecular weight excluding hydrogens is 370 g/mol. The van der Waals surface area contributed by atoms with Crippen molar-refractivity contribution < 1.29 is 18.6 Å². The topological polar surface area (TPSA) is 36.9 Å². The van der Waals surface area contributed by atoms with Crippen molar-refractivity contribution in [3.05, 3.63) is 10.4 Å². The van der Waals surface area contributed by atoms with Gasteiger partial charge in [-0.25, -0.2) is 0 Å². The van der Waals surface area contributed by atoms with Crippen molar-refractivity contribution in [1.82, 2.24) is 0 Å². The zero-order chi connectivity index (χ0) is 19.9. The molecule has 0 radical (unpaired) electrons. The number of hydrogen-bond acceptors (Lipinski definition) is 5. The molecular formula is C21H34B2O4S. The van der Waals surface area contributed by atoms with Crippen LogP contribution in [-0.4, -0.2) is 40.7 Å². The summed E-state index contributed by atoms with van der Waals surface area (Å²) in [6.45, 7) is 13.9. The van der Waals surface area contributed by atoms with E-state index in [1.165, 1.54) is 52.8 Å². The maximum absolute atomic E-state index is 6.23. The van der Waals surface area contributed by atoms with Gasteiger partial charge >= 0.3 is 14.2 Å². The highest BCUT2D eigenvalue weighted by atomic mass is 32.1. The van der Waals surface area contributed by atoms with Gasteiger partial charge in [-0.3, -0.25) is 0 Å². The zero-order valence-corrected chi connectivity index (χ0v) is 19.0. The Morgan fingerprint density at radius 1 is 0.786 bits per heavy atom. The molecule has 0 amide bonds. The first kappa shape index (κ1) is 20.9. The largest absolute Gasteiger partial charge is 0.504 e. The second-order valence-electron chi connectivity index (χ2n) is 10.4. The van der Waals surface area contributed by atoms with E-state index in [2.05, 4.69) is 34.6 Å². The van der Waals surface area contributed by atoms with E-state index in [4.69, 9.17) is 18.6 Å². The first-order valence-electron chi connectivity index (χ1n) is 10.9. The van der Waals surface area contributed by atoms with E-state index in [1.807, 2.05) is 11.3 Å². The molecule has 0 N–H and O–H groups in total. The highest BCUT2D eigenvalue weighted by Gasteiger charge is 2.43. The second kappa shape index (κ2) is 8.07. The van der Waals surface area contributed by atoms with E-state index >= 15 is 0 Å². The van der Waals surface area contributed by atoms with Gasteiger partial charge in [-0.2, -0.15) is 0 Å². The molecule has 4 nitrogen and oxygen atoms in total. The zero-order valence-electron chi connectivity index (χ0n) is 18.1. The average molecular weight is 404 g/mol. The SMILES string of the molecule is Cc1sc(B2OCC(C)(C)CO2)c(C2CCCCC2)c1B1OCC(C)(C)CO1. The molecule has 1 saturated carbocycles. The van der Waals surface area contributed by atoms with Gasteiger partial charge in [-0.05, 0) is 36.7 Å². The Kier molecular flexibility index (Phi) is 6.03. The first-order valence-corrected chi connectivity index (χ1v) is 11.7. The van der Waals surface area contributed by atoms with Crippen LogP contribution < -0.4 is 10.2 Å². The monoisotopic (exact) mass is 404 g/mol. The number of thiophene rings is 1. The number of rotatable bonds is 3. The lowest BCUT2D eigenvalue weighted by atomic mass is 9.65. The molecule has 28 heavy (non-hydrogen) atoms. The lowest BCUT2D eigenvalue weighted by Crippen LogP contribution is -2.52. The molecule has 2 saturated heterocycles. The number of aryl methyl sites for hydroxylation is 1. The molecule has 3 aliphatic rings. The van der Waals surface area contributed by atoms with Crippen LogP contribution in [0.2, 0.25) is 0 Å². The van der Waals surface area contributed by atoms with Crippen molar-refractivity contribution in [3.63, 3.8) is 0 Å². The summed E-state index contributed by atoms with van der Waals surface area (Å²) in [5.74, 6) is 0.563. The van der Waals surface area contributed by atoms with Crippen LogP contribution in [0, 0.1) is 17.8 Å². The summed E-state index contributed by atoms with van der Waals surface area (Å²) in [7, 11) is -0.502. The third-order valence-corrected chi connectivity index (χ3v) is 7.32. The first-order chi connectivity index (χ1) is 13.3. The molecule has 3 heterocycles. The van der Waals surface area contributed by atoms with Crippen LogP contribution in [0.25, 0.3) is 0 Å². The van der Waals surface area contributed by atoms with E-state index in [-0.39, 0.29) is 25.1 Å². The molecule has 0 aromatic carbocycles. The molecule has 0 atom stereocenters. The minimum atomic E-state index is -0.255. The third kappa shape index (κ3) is 4.39. The molecule has 0 bridgehead atoms. The summed E-state index contributed by atoms with van der Waals surface area (Å²) in [5, 5.41) is 0. The van der Waals surface area contributed by atoms with Crippen LogP contribution >= 0.6 is 11.3 Å². The van der Waals surface area contributed by atoms with Gasteiger partial charge in [0.1, 0.15) is 0 Å². The summed E-state index contributed by atoms with van der Waals surface area (Å²) in [6.07, 6.45) is 6.44. The van der Waals surface area contributed by atoms with E-state index in [0.717, 1.165) is 26.4 Å². The molecule has 154 valence electrons. The van der Waals surface area contributed by atoms with Crippen LogP contribution in [-0.2, 0) is 18.6 Å². The summed E-state index contributed by atoms with van der Waals surface area (Å²) < 4.78 is 26.1.